The zero-order chi connectivity index (χ0) is 14.4. The van der Waals surface area contributed by atoms with Crippen molar-refractivity contribution in [1.29, 1.82) is 0 Å². The second-order valence-corrected chi connectivity index (χ2v) is 5.59. The summed E-state index contributed by atoms with van der Waals surface area (Å²) in [5.74, 6) is -0.469. The monoisotopic (exact) mass is 290 g/mol. The molecule has 3 nitrogen and oxygen atoms in total. The highest BCUT2D eigenvalue weighted by atomic mass is 32.1. The minimum atomic E-state index is -0.785. The number of hydrogen-bond donors (Lipinski definition) is 1. The topological polar surface area (TPSA) is 46.5 Å². The van der Waals surface area contributed by atoms with E-state index in [9.17, 15) is 9.90 Å². The number of aliphatic carboxylic acids is 1. The van der Waals surface area contributed by atoms with Gasteiger partial charge in [0.2, 0.25) is 0 Å². The van der Waals surface area contributed by atoms with Crippen LogP contribution >= 0.6 is 11.3 Å². The second kappa shape index (κ2) is 7.10. The average molecular weight is 290 g/mol. The Kier molecular flexibility index (Phi) is 5.18. The van der Waals surface area contributed by atoms with E-state index in [1.807, 2.05) is 41.8 Å². The number of carboxylic acids is 1. The van der Waals surface area contributed by atoms with Gasteiger partial charge >= 0.3 is 5.97 Å². The molecule has 2 rings (SSSR count). The lowest BCUT2D eigenvalue weighted by Crippen LogP contribution is -2.13. The normalized spacial score (nSPS) is 12.1. The van der Waals surface area contributed by atoms with Crippen LogP contribution < -0.4 is 4.74 Å². The Labute approximate surface area is 122 Å². The summed E-state index contributed by atoms with van der Waals surface area (Å²) in [6, 6.07) is 11.5. The molecule has 106 valence electrons. The van der Waals surface area contributed by atoms with Crippen molar-refractivity contribution in [2.45, 2.75) is 25.7 Å². The lowest BCUT2D eigenvalue weighted by atomic mass is 9.98. The number of carboxylic acid groups (broad SMARTS) is 1. The molecule has 1 heterocycles. The number of ether oxygens (including phenoxy) is 1. The van der Waals surface area contributed by atoms with Crippen LogP contribution in [0, 0.1) is 0 Å². The van der Waals surface area contributed by atoms with Gasteiger partial charge in [-0.05, 0) is 42.0 Å². The van der Waals surface area contributed by atoms with E-state index in [-0.39, 0.29) is 0 Å². The quantitative estimate of drug-likeness (QED) is 0.840. The van der Waals surface area contributed by atoms with Crippen molar-refractivity contribution in [2.75, 3.05) is 6.61 Å². The molecule has 0 fully saturated rings. The van der Waals surface area contributed by atoms with Crippen LogP contribution in [0.5, 0.6) is 5.75 Å². The standard InChI is InChI=1S/C16H18O3S/c1-2-8-19-13-6-3-5-12(10-13)11-14(16(17)18)15-7-4-9-20-15/h3-7,9-10,14H,2,8,11H2,1H3,(H,17,18). The molecule has 1 unspecified atom stereocenters. The van der Waals surface area contributed by atoms with Gasteiger partial charge in [0, 0.05) is 4.88 Å². The van der Waals surface area contributed by atoms with Gasteiger partial charge in [0.25, 0.3) is 0 Å². The minimum absolute atomic E-state index is 0.485. The van der Waals surface area contributed by atoms with Crippen molar-refractivity contribution in [3.63, 3.8) is 0 Å². The van der Waals surface area contributed by atoms with Gasteiger partial charge in [0.1, 0.15) is 5.75 Å². The third-order valence-electron chi connectivity index (χ3n) is 3.00. The number of hydrogen-bond acceptors (Lipinski definition) is 3. The number of rotatable bonds is 7. The Hall–Kier alpha value is -1.81. The molecule has 4 heteroatoms. The molecule has 20 heavy (non-hydrogen) atoms. The summed E-state index contributed by atoms with van der Waals surface area (Å²) in [7, 11) is 0. The van der Waals surface area contributed by atoms with E-state index in [0.29, 0.717) is 13.0 Å². The first kappa shape index (κ1) is 14.6. The van der Waals surface area contributed by atoms with Gasteiger partial charge in [-0.2, -0.15) is 0 Å². The summed E-state index contributed by atoms with van der Waals surface area (Å²) in [5, 5.41) is 11.3. The molecule has 0 radical (unpaired) electrons. The zero-order valence-corrected chi connectivity index (χ0v) is 12.2. The summed E-state index contributed by atoms with van der Waals surface area (Å²) < 4.78 is 5.58. The molecular weight excluding hydrogens is 272 g/mol. The first-order chi connectivity index (χ1) is 9.70. The molecule has 0 aliphatic rings. The number of carbonyl (C=O) groups is 1. The third-order valence-corrected chi connectivity index (χ3v) is 3.98. The van der Waals surface area contributed by atoms with E-state index in [1.165, 1.54) is 11.3 Å². The lowest BCUT2D eigenvalue weighted by Gasteiger charge is -2.12. The van der Waals surface area contributed by atoms with Gasteiger partial charge in [-0.1, -0.05) is 25.1 Å². The molecule has 0 spiro atoms. The Morgan fingerprint density at radius 1 is 1.35 bits per heavy atom. The van der Waals surface area contributed by atoms with Crippen LogP contribution in [-0.2, 0) is 11.2 Å². The summed E-state index contributed by atoms with van der Waals surface area (Å²) in [5.41, 5.74) is 0.986. The number of benzene rings is 1. The molecule has 1 atom stereocenters. The molecule has 0 aliphatic heterocycles. The van der Waals surface area contributed by atoms with Crippen molar-refractivity contribution in [2.24, 2.45) is 0 Å². The maximum atomic E-state index is 11.4. The maximum Gasteiger partial charge on any atom is 0.312 e. The smallest absolute Gasteiger partial charge is 0.312 e. The summed E-state index contributed by atoms with van der Waals surface area (Å²) in [6.07, 6.45) is 1.44. The average Bonchev–Trinajstić information content (AvgIpc) is 2.96. The van der Waals surface area contributed by atoms with Crippen molar-refractivity contribution in [3.05, 3.63) is 52.2 Å². The Morgan fingerprint density at radius 2 is 2.20 bits per heavy atom. The van der Waals surface area contributed by atoms with Crippen LogP contribution in [0.3, 0.4) is 0 Å². The van der Waals surface area contributed by atoms with Crippen molar-refractivity contribution < 1.29 is 14.6 Å². The van der Waals surface area contributed by atoms with Crippen LogP contribution in [-0.4, -0.2) is 17.7 Å². The van der Waals surface area contributed by atoms with Gasteiger partial charge in [0.05, 0.1) is 12.5 Å². The highest BCUT2D eigenvalue weighted by Crippen LogP contribution is 2.26. The van der Waals surface area contributed by atoms with Gasteiger partial charge in [-0.3, -0.25) is 4.79 Å². The van der Waals surface area contributed by atoms with Crippen molar-refractivity contribution >= 4 is 17.3 Å². The van der Waals surface area contributed by atoms with E-state index in [2.05, 4.69) is 6.92 Å². The van der Waals surface area contributed by atoms with Crippen molar-refractivity contribution in [1.82, 2.24) is 0 Å². The Balaban J connectivity index is 2.13. The summed E-state index contributed by atoms with van der Waals surface area (Å²) in [6.45, 7) is 2.73. The van der Waals surface area contributed by atoms with E-state index in [1.54, 1.807) is 0 Å². The van der Waals surface area contributed by atoms with Crippen LogP contribution in [0.25, 0.3) is 0 Å². The van der Waals surface area contributed by atoms with Gasteiger partial charge in [-0.25, -0.2) is 0 Å². The van der Waals surface area contributed by atoms with E-state index >= 15 is 0 Å². The van der Waals surface area contributed by atoms with Gasteiger partial charge in [0.15, 0.2) is 0 Å². The summed E-state index contributed by atoms with van der Waals surface area (Å²) in [4.78, 5) is 12.3. The molecule has 0 amide bonds. The predicted octanol–water partition coefficient (Wildman–Crippen LogP) is 3.95. The van der Waals surface area contributed by atoms with Gasteiger partial charge < -0.3 is 9.84 Å². The SMILES string of the molecule is CCCOc1cccc(CC(C(=O)O)c2cccs2)c1. The second-order valence-electron chi connectivity index (χ2n) is 4.61. The fourth-order valence-corrected chi connectivity index (χ4v) is 2.84. The van der Waals surface area contributed by atoms with Crippen LogP contribution in [0.1, 0.15) is 29.7 Å². The summed E-state index contributed by atoms with van der Waals surface area (Å²) >= 11 is 1.48. The first-order valence-electron chi connectivity index (χ1n) is 6.68. The molecule has 2 aromatic rings. The lowest BCUT2D eigenvalue weighted by molar-refractivity contribution is -0.138. The number of thiophene rings is 1. The van der Waals surface area contributed by atoms with E-state index in [4.69, 9.17) is 4.74 Å². The molecule has 1 aromatic heterocycles. The Bertz CT molecular complexity index is 549. The van der Waals surface area contributed by atoms with Crippen LogP contribution in [0.4, 0.5) is 0 Å². The maximum absolute atomic E-state index is 11.4. The Morgan fingerprint density at radius 3 is 2.85 bits per heavy atom. The third kappa shape index (κ3) is 3.84. The predicted molar refractivity (Wildman–Crippen MR) is 80.6 cm³/mol. The van der Waals surface area contributed by atoms with Crippen LogP contribution in [0.15, 0.2) is 41.8 Å². The van der Waals surface area contributed by atoms with Crippen LogP contribution in [0.2, 0.25) is 0 Å². The first-order valence-corrected chi connectivity index (χ1v) is 7.56. The molecule has 1 aromatic carbocycles. The van der Waals surface area contributed by atoms with E-state index in [0.717, 1.165) is 22.6 Å². The molecular formula is C16H18O3S. The molecule has 0 aliphatic carbocycles. The molecule has 0 bridgehead atoms. The largest absolute Gasteiger partial charge is 0.494 e. The zero-order valence-electron chi connectivity index (χ0n) is 11.4. The molecule has 1 N–H and O–H groups in total. The highest BCUT2D eigenvalue weighted by molar-refractivity contribution is 7.10. The van der Waals surface area contributed by atoms with Crippen molar-refractivity contribution in [3.8, 4) is 5.75 Å². The minimum Gasteiger partial charge on any atom is -0.494 e. The van der Waals surface area contributed by atoms with Gasteiger partial charge in [-0.15, -0.1) is 11.3 Å². The highest BCUT2D eigenvalue weighted by Gasteiger charge is 2.21. The molecule has 0 saturated heterocycles. The van der Waals surface area contributed by atoms with E-state index < -0.39 is 11.9 Å². The fraction of sp³-hybridized carbons (Fsp3) is 0.312. The molecule has 0 saturated carbocycles. The fourth-order valence-electron chi connectivity index (χ4n) is 2.02.